The van der Waals surface area contributed by atoms with E-state index in [1.165, 1.54) is 55.6 Å². The Morgan fingerprint density at radius 1 is 0.204 bits per heavy atom. The molecule has 0 saturated carbocycles. The van der Waals surface area contributed by atoms with E-state index in [-0.39, 0.29) is 0 Å². The monoisotopic (exact) mass is 625 g/mol. The molecule has 0 amide bonds. The summed E-state index contributed by atoms with van der Waals surface area (Å²) in [6.45, 7) is 0. The zero-order valence-electron chi connectivity index (χ0n) is 27.2. The molecule has 232 valence electrons. The molecule has 0 aliphatic heterocycles. The lowest BCUT2D eigenvalue weighted by atomic mass is 9.91. The highest BCUT2D eigenvalue weighted by Crippen LogP contribution is 2.38. The van der Waals surface area contributed by atoms with Crippen LogP contribution in [0.2, 0.25) is 0 Å². The molecule has 8 aromatic rings. The number of hydrogen-bond donors (Lipinski definition) is 0. The number of anilines is 3. The lowest BCUT2D eigenvalue weighted by molar-refractivity contribution is 1.28. The number of nitrogens with zero attached hydrogens (tertiary/aromatic N) is 1. The van der Waals surface area contributed by atoms with Crippen LogP contribution < -0.4 is 4.90 Å². The Morgan fingerprint density at radius 2 is 0.510 bits per heavy atom. The normalized spacial score (nSPS) is 10.9. The Bertz CT molecular complexity index is 2260. The van der Waals surface area contributed by atoms with Gasteiger partial charge in [0.25, 0.3) is 0 Å². The fourth-order valence-corrected chi connectivity index (χ4v) is 6.57. The summed E-state index contributed by atoms with van der Waals surface area (Å²) in [5.41, 5.74) is 15.5. The molecule has 8 aromatic carbocycles. The van der Waals surface area contributed by atoms with Gasteiger partial charge in [0.15, 0.2) is 0 Å². The lowest BCUT2D eigenvalue weighted by Gasteiger charge is -2.26. The summed E-state index contributed by atoms with van der Waals surface area (Å²) in [5, 5.41) is 0. The summed E-state index contributed by atoms with van der Waals surface area (Å²) < 4.78 is 0. The van der Waals surface area contributed by atoms with E-state index in [9.17, 15) is 0 Å². The van der Waals surface area contributed by atoms with Gasteiger partial charge < -0.3 is 4.90 Å². The van der Waals surface area contributed by atoms with Crippen LogP contribution >= 0.6 is 0 Å². The van der Waals surface area contributed by atoms with Crippen molar-refractivity contribution in [2.45, 2.75) is 0 Å². The summed E-state index contributed by atoms with van der Waals surface area (Å²) in [6, 6.07) is 75.9. The molecule has 8 rings (SSSR count). The van der Waals surface area contributed by atoms with Crippen LogP contribution in [0.15, 0.2) is 212 Å². The second-order valence-electron chi connectivity index (χ2n) is 12.2. The minimum atomic E-state index is 1.12. The van der Waals surface area contributed by atoms with Crippen LogP contribution in [0.3, 0.4) is 0 Å². The highest BCUT2D eigenvalue weighted by atomic mass is 15.1. The van der Waals surface area contributed by atoms with E-state index in [0.717, 1.165) is 17.1 Å². The van der Waals surface area contributed by atoms with E-state index in [1.54, 1.807) is 0 Å². The van der Waals surface area contributed by atoms with Crippen molar-refractivity contribution in [3.8, 4) is 55.6 Å². The Kier molecular flexibility index (Phi) is 8.39. The molecule has 0 N–H and O–H groups in total. The molecular formula is C48H35N. The van der Waals surface area contributed by atoms with E-state index in [0.29, 0.717) is 0 Å². The molecule has 0 radical (unpaired) electrons. The fourth-order valence-electron chi connectivity index (χ4n) is 6.57. The highest BCUT2D eigenvalue weighted by Gasteiger charge is 2.14. The third-order valence-corrected chi connectivity index (χ3v) is 9.11. The van der Waals surface area contributed by atoms with Gasteiger partial charge in [0, 0.05) is 17.1 Å². The van der Waals surface area contributed by atoms with E-state index in [2.05, 4.69) is 217 Å². The first kappa shape index (κ1) is 29.9. The van der Waals surface area contributed by atoms with Gasteiger partial charge in [0.1, 0.15) is 0 Å². The molecule has 0 saturated heterocycles. The summed E-state index contributed by atoms with van der Waals surface area (Å²) in [4.78, 5) is 2.31. The predicted octanol–water partition coefficient (Wildman–Crippen LogP) is 13.5. The Morgan fingerprint density at radius 3 is 0.980 bits per heavy atom. The first-order valence-corrected chi connectivity index (χ1v) is 16.8. The van der Waals surface area contributed by atoms with Crippen LogP contribution in [-0.4, -0.2) is 0 Å². The predicted molar refractivity (Wildman–Crippen MR) is 208 cm³/mol. The van der Waals surface area contributed by atoms with Gasteiger partial charge in [0.2, 0.25) is 0 Å². The van der Waals surface area contributed by atoms with Crippen molar-refractivity contribution in [3.05, 3.63) is 212 Å². The average Bonchev–Trinajstić information content (AvgIpc) is 3.20. The first-order chi connectivity index (χ1) is 24.3. The van der Waals surface area contributed by atoms with Crippen LogP contribution in [-0.2, 0) is 0 Å². The topological polar surface area (TPSA) is 3.24 Å². The minimum absolute atomic E-state index is 1.12. The van der Waals surface area contributed by atoms with Crippen LogP contribution in [0, 0.1) is 0 Å². The summed E-state index contributed by atoms with van der Waals surface area (Å²) in [6.07, 6.45) is 0. The quantitative estimate of drug-likeness (QED) is 0.162. The molecule has 49 heavy (non-hydrogen) atoms. The van der Waals surface area contributed by atoms with Gasteiger partial charge in [-0.2, -0.15) is 0 Å². The van der Waals surface area contributed by atoms with Crippen molar-refractivity contribution in [1.29, 1.82) is 0 Å². The average molecular weight is 626 g/mol. The number of para-hydroxylation sites is 1. The summed E-state index contributed by atoms with van der Waals surface area (Å²) in [7, 11) is 0. The van der Waals surface area contributed by atoms with Crippen molar-refractivity contribution in [1.82, 2.24) is 0 Å². The summed E-state index contributed by atoms with van der Waals surface area (Å²) >= 11 is 0. The zero-order chi connectivity index (χ0) is 32.8. The molecule has 0 fully saturated rings. The van der Waals surface area contributed by atoms with Gasteiger partial charge >= 0.3 is 0 Å². The van der Waals surface area contributed by atoms with Crippen molar-refractivity contribution >= 4 is 17.1 Å². The Hall–Kier alpha value is -6.44. The molecule has 0 aromatic heterocycles. The molecule has 1 heteroatoms. The van der Waals surface area contributed by atoms with Crippen LogP contribution in [0.4, 0.5) is 17.1 Å². The van der Waals surface area contributed by atoms with Gasteiger partial charge in [-0.15, -0.1) is 0 Å². The fraction of sp³-hybridized carbons (Fsp3) is 0. The van der Waals surface area contributed by atoms with Gasteiger partial charge in [-0.1, -0.05) is 170 Å². The number of benzene rings is 8. The molecule has 0 heterocycles. The standard InChI is InChI=1S/C48H35N/c1-5-13-36(14-6-1)38-25-30-45(31-26-38)49(44-19-11-4-12-20-44)46-32-27-39(28-33-46)37-21-23-40(24-22-37)43-29-34-47(41-15-7-2-8-16-41)48(35-43)42-17-9-3-10-18-42/h1-35H. The van der Waals surface area contributed by atoms with Gasteiger partial charge in [-0.05, 0) is 98.1 Å². The molecule has 1 nitrogen and oxygen atoms in total. The second kappa shape index (κ2) is 13.7. The number of hydrogen-bond acceptors (Lipinski definition) is 1. The Labute approximate surface area is 289 Å². The third-order valence-electron chi connectivity index (χ3n) is 9.11. The molecule has 0 aliphatic carbocycles. The molecular weight excluding hydrogens is 591 g/mol. The van der Waals surface area contributed by atoms with E-state index in [1.807, 2.05) is 0 Å². The minimum Gasteiger partial charge on any atom is -0.311 e. The largest absolute Gasteiger partial charge is 0.311 e. The zero-order valence-corrected chi connectivity index (χ0v) is 27.2. The summed E-state index contributed by atoms with van der Waals surface area (Å²) in [5.74, 6) is 0. The molecule has 0 unspecified atom stereocenters. The smallest absolute Gasteiger partial charge is 0.0462 e. The number of rotatable bonds is 8. The first-order valence-electron chi connectivity index (χ1n) is 16.8. The van der Waals surface area contributed by atoms with Gasteiger partial charge in [0.05, 0.1) is 0 Å². The van der Waals surface area contributed by atoms with E-state index in [4.69, 9.17) is 0 Å². The van der Waals surface area contributed by atoms with Crippen molar-refractivity contribution in [2.24, 2.45) is 0 Å². The second-order valence-corrected chi connectivity index (χ2v) is 12.2. The maximum absolute atomic E-state index is 2.33. The van der Waals surface area contributed by atoms with Crippen molar-refractivity contribution in [2.75, 3.05) is 4.90 Å². The molecule has 0 aliphatic rings. The SMILES string of the molecule is c1ccc(-c2ccc(N(c3ccccc3)c3ccc(-c4ccc(-c5ccc(-c6ccccc6)c(-c6ccccc6)c5)cc4)cc3)cc2)cc1. The molecule has 0 atom stereocenters. The van der Waals surface area contributed by atoms with E-state index < -0.39 is 0 Å². The maximum atomic E-state index is 2.33. The van der Waals surface area contributed by atoms with Gasteiger partial charge in [-0.25, -0.2) is 0 Å². The van der Waals surface area contributed by atoms with Crippen molar-refractivity contribution in [3.63, 3.8) is 0 Å². The lowest BCUT2D eigenvalue weighted by Crippen LogP contribution is -2.09. The highest BCUT2D eigenvalue weighted by molar-refractivity contribution is 5.87. The molecule has 0 bridgehead atoms. The third kappa shape index (κ3) is 6.43. The van der Waals surface area contributed by atoms with E-state index >= 15 is 0 Å². The van der Waals surface area contributed by atoms with Crippen molar-refractivity contribution < 1.29 is 0 Å². The Balaban J connectivity index is 1.08. The van der Waals surface area contributed by atoms with Crippen LogP contribution in [0.5, 0.6) is 0 Å². The van der Waals surface area contributed by atoms with Crippen LogP contribution in [0.1, 0.15) is 0 Å². The van der Waals surface area contributed by atoms with Crippen LogP contribution in [0.25, 0.3) is 55.6 Å². The maximum Gasteiger partial charge on any atom is 0.0462 e. The van der Waals surface area contributed by atoms with Gasteiger partial charge in [-0.3, -0.25) is 0 Å². The molecule has 0 spiro atoms.